The summed E-state index contributed by atoms with van der Waals surface area (Å²) < 4.78 is 37.1. The average molecular weight is 981 g/mol. The molecule has 4 fully saturated rings. The van der Waals surface area contributed by atoms with Gasteiger partial charge in [0.1, 0.15) is 23.2 Å². The topological polar surface area (TPSA) is 216 Å². The second-order valence-electron chi connectivity index (χ2n) is 20.9. The van der Waals surface area contributed by atoms with Crippen LogP contribution in [0.5, 0.6) is 17.5 Å². The maximum atomic E-state index is 16.0. The minimum atomic E-state index is -0.582. The normalized spacial score (nSPS) is 22.6. The lowest BCUT2D eigenvalue weighted by Crippen LogP contribution is -2.48. The predicted octanol–water partition coefficient (Wildman–Crippen LogP) is 7.84. The molecule has 1 aromatic carbocycles. The highest BCUT2D eigenvalue weighted by Gasteiger charge is 2.50. The van der Waals surface area contributed by atoms with Gasteiger partial charge in [0.2, 0.25) is 23.6 Å². The van der Waals surface area contributed by atoms with Crippen LogP contribution in [-0.4, -0.2) is 90.9 Å². The molecule has 1 unspecified atom stereocenters. The van der Waals surface area contributed by atoms with Gasteiger partial charge in [-0.15, -0.1) is 11.3 Å². The van der Waals surface area contributed by atoms with Crippen LogP contribution in [0, 0.1) is 28.0 Å². The van der Waals surface area contributed by atoms with E-state index in [1.165, 1.54) is 23.7 Å². The smallest absolute Gasteiger partial charge is 0.235 e. The van der Waals surface area contributed by atoms with Crippen molar-refractivity contribution in [2.75, 3.05) is 50.0 Å². The standard InChI is InChI=1S/C52H57FN12O5S/c1-3-35-38(26-56-29-57-35)69-42-24-41(59-48(60-42)45-30-6-4-10-52(46(30)70-62-45)11-5-7-39-43(52)33(25-54)47(55)71-39)68-28-51(12-13-51)27-64-18-14-50(15-19-64)16-20-65(21-17-50)37-23-36-32(22-34(37)53)44(61-63(36)2)31-8-9-40(66)58-49(31)67/h22-24,26,29,31H,3-21,27-28,55H2,1-2H3,(H,58,66,67)/t31?,52-/m0/s1. The monoisotopic (exact) mass is 980 g/mol. The Morgan fingerprint density at radius 3 is 2.54 bits per heavy atom. The summed E-state index contributed by atoms with van der Waals surface area (Å²) in [6.45, 7) is 6.99. The number of carbonyl (C=O) groups is 2. The van der Waals surface area contributed by atoms with E-state index in [1.54, 1.807) is 16.9 Å². The third kappa shape index (κ3) is 8.07. The van der Waals surface area contributed by atoms with Gasteiger partial charge in [-0.3, -0.25) is 19.6 Å². The number of aryl methyl sites for hydroxylation is 3. The fourth-order valence-electron chi connectivity index (χ4n) is 12.5. The molecule has 8 heterocycles. The number of aromatic nitrogens is 7. The Labute approximate surface area is 414 Å². The van der Waals surface area contributed by atoms with E-state index in [-0.39, 0.29) is 34.9 Å². The Hall–Kier alpha value is -6.52. The van der Waals surface area contributed by atoms with Crippen molar-refractivity contribution in [2.45, 2.75) is 115 Å². The van der Waals surface area contributed by atoms with Gasteiger partial charge >= 0.3 is 0 Å². The summed E-state index contributed by atoms with van der Waals surface area (Å²) in [5.41, 5.74) is 11.9. The zero-order chi connectivity index (χ0) is 48.6. The summed E-state index contributed by atoms with van der Waals surface area (Å²) in [4.78, 5) is 49.0. The van der Waals surface area contributed by atoms with Crippen molar-refractivity contribution < 1.29 is 28.0 Å². The average Bonchev–Trinajstić information content (AvgIpc) is 3.66. The number of nitrogens with zero attached hydrogens (tertiary/aromatic N) is 10. The Bertz CT molecular complexity index is 3130. The molecule has 6 aromatic rings. The highest BCUT2D eigenvalue weighted by Crippen LogP contribution is 2.55. The van der Waals surface area contributed by atoms with Crippen molar-refractivity contribution in [3.63, 3.8) is 0 Å². The summed E-state index contributed by atoms with van der Waals surface area (Å²) in [5, 5.41) is 23.1. The fraction of sp³-hybridized carbons (Fsp3) is 0.519. The molecule has 2 amide bonds. The highest BCUT2D eigenvalue weighted by molar-refractivity contribution is 7.16. The van der Waals surface area contributed by atoms with Crippen molar-refractivity contribution >= 4 is 44.7 Å². The second-order valence-corrected chi connectivity index (χ2v) is 22.1. The molecule has 3 aliphatic carbocycles. The van der Waals surface area contributed by atoms with E-state index in [4.69, 9.17) is 29.7 Å². The molecule has 71 heavy (non-hydrogen) atoms. The third-order valence-electron chi connectivity index (χ3n) is 16.7. The van der Waals surface area contributed by atoms with Gasteiger partial charge in [-0.05, 0) is 126 Å². The van der Waals surface area contributed by atoms with Crippen LogP contribution in [-0.2, 0) is 41.3 Å². The number of likely N-dealkylation sites (tertiary alicyclic amines) is 1. The van der Waals surface area contributed by atoms with E-state index in [0.29, 0.717) is 75.8 Å². The number of nitrogens with one attached hydrogen (secondary N) is 1. The molecule has 3 N–H and O–H groups in total. The molecule has 2 spiro atoms. The lowest BCUT2D eigenvalue weighted by Gasteiger charge is -2.48. The summed E-state index contributed by atoms with van der Waals surface area (Å²) >= 11 is 1.52. The maximum absolute atomic E-state index is 16.0. The van der Waals surface area contributed by atoms with E-state index in [2.05, 4.69) is 41.4 Å². The van der Waals surface area contributed by atoms with Crippen LogP contribution in [0.4, 0.5) is 15.1 Å². The van der Waals surface area contributed by atoms with Crippen LogP contribution in [0.25, 0.3) is 22.4 Å². The molecule has 19 heteroatoms. The van der Waals surface area contributed by atoms with Crippen LogP contribution in [0.2, 0.25) is 0 Å². The number of nitrogen functional groups attached to an aromatic ring is 1. The first-order chi connectivity index (χ1) is 34.5. The van der Waals surface area contributed by atoms with Gasteiger partial charge in [0.25, 0.3) is 0 Å². The van der Waals surface area contributed by atoms with Crippen LogP contribution < -0.4 is 25.4 Å². The molecule has 0 radical (unpaired) electrons. The van der Waals surface area contributed by atoms with Gasteiger partial charge in [-0.2, -0.15) is 20.3 Å². The van der Waals surface area contributed by atoms with Gasteiger partial charge < -0.3 is 29.5 Å². The Balaban J connectivity index is 0.727. The van der Waals surface area contributed by atoms with Gasteiger partial charge in [-0.25, -0.2) is 14.4 Å². The first-order valence-electron chi connectivity index (χ1n) is 25.2. The van der Waals surface area contributed by atoms with E-state index in [1.807, 2.05) is 20.0 Å². The van der Waals surface area contributed by atoms with Crippen LogP contribution in [0.15, 0.2) is 35.2 Å². The first kappa shape index (κ1) is 45.6. The number of anilines is 2. The molecule has 5 aromatic heterocycles. The minimum Gasteiger partial charge on any atom is -0.477 e. The number of nitriles is 1. The third-order valence-corrected chi connectivity index (χ3v) is 17.8. The maximum Gasteiger partial charge on any atom is 0.235 e. The van der Waals surface area contributed by atoms with Gasteiger partial charge in [0.05, 0.1) is 58.4 Å². The fourth-order valence-corrected chi connectivity index (χ4v) is 13.7. The second kappa shape index (κ2) is 17.7. The van der Waals surface area contributed by atoms with E-state index < -0.39 is 11.3 Å². The number of fused-ring (bicyclic) bond motifs is 5. The van der Waals surface area contributed by atoms with Crippen LogP contribution in [0.3, 0.4) is 0 Å². The molecular weight excluding hydrogens is 924 g/mol. The molecule has 3 aliphatic heterocycles. The van der Waals surface area contributed by atoms with Crippen LogP contribution in [0.1, 0.15) is 129 Å². The number of rotatable bonds is 11. The van der Waals surface area contributed by atoms with Crippen molar-refractivity contribution in [2.24, 2.45) is 17.9 Å². The molecular formula is C52H57FN12O5S. The lowest BCUT2D eigenvalue weighted by molar-refractivity contribution is -0.134. The summed E-state index contributed by atoms with van der Waals surface area (Å²) in [6, 6.07) is 7.54. The zero-order valence-corrected chi connectivity index (χ0v) is 41.0. The van der Waals surface area contributed by atoms with Gasteiger partial charge in [0, 0.05) is 54.3 Å². The molecule has 3 saturated heterocycles. The molecule has 6 aliphatic rings. The Morgan fingerprint density at radius 2 is 1.77 bits per heavy atom. The van der Waals surface area contributed by atoms with Crippen molar-refractivity contribution in [3.05, 3.63) is 75.3 Å². The van der Waals surface area contributed by atoms with Crippen molar-refractivity contribution in [3.8, 4) is 35.1 Å². The Kier molecular flexibility index (Phi) is 11.3. The number of thiophene rings is 1. The van der Waals surface area contributed by atoms with E-state index in [0.717, 1.165) is 143 Å². The number of halogens is 1. The van der Waals surface area contributed by atoms with Gasteiger partial charge in [0.15, 0.2) is 23.0 Å². The molecule has 1 saturated carbocycles. The predicted molar refractivity (Wildman–Crippen MR) is 262 cm³/mol. The van der Waals surface area contributed by atoms with E-state index >= 15 is 4.39 Å². The number of hydrogen-bond donors (Lipinski definition) is 2. The number of nitrogens with two attached hydrogens (primary N) is 1. The number of hydrogen-bond acceptors (Lipinski definition) is 16. The summed E-state index contributed by atoms with van der Waals surface area (Å²) in [7, 11) is 1.82. The number of amides is 2. The number of benzene rings is 1. The molecule has 2 atom stereocenters. The van der Waals surface area contributed by atoms with Gasteiger partial charge in [-0.1, -0.05) is 12.1 Å². The molecule has 12 rings (SSSR count). The largest absolute Gasteiger partial charge is 0.477 e. The summed E-state index contributed by atoms with van der Waals surface area (Å²) in [5.74, 6) is 0.770. The molecule has 17 nitrogen and oxygen atoms in total. The lowest BCUT2D eigenvalue weighted by atomic mass is 9.63. The van der Waals surface area contributed by atoms with Crippen molar-refractivity contribution in [1.29, 1.82) is 5.26 Å². The first-order valence-corrected chi connectivity index (χ1v) is 26.1. The van der Waals surface area contributed by atoms with Crippen LogP contribution >= 0.6 is 11.3 Å². The van der Waals surface area contributed by atoms with E-state index in [9.17, 15) is 14.9 Å². The highest BCUT2D eigenvalue weighted by atomic mass is 32.1. The number of carbonyl (C=O) groups excluding carboxylic acids is 2. The quantitative estimate of drug-likeness (QED) is 0.118. The number of piperidine rings is 3. The SMILES string of the molecule is CCc1ncncc1Oc1cc(OCC2(CN3CCC4(CC3)CCN(c3cc5c(cc3F)c(C3CCC(=O)NC3=O)nn5C)CC4)CC2)nc(-c2noc3c2CCC[C@@]32CCCc3sc(N)c(C#N)c32)n1. The zero-order valence-electron chi connectivity index (χ0n) is 40.2. The minimum absolute atomic E-state index is 0.00164. The molecule has 0 bridgehead atoms. The number of imide groups is 1. The van der Waals surface area contributed by atoms with Crippen molar-refractivity contribution in [1.82, 2.24) is 45.1 Å². The Morgan fingerprint density at radius 1 is 1.00 bits per heavy atom. The summed E-state index contributed by atoms with van der Waals surface area (Å²) in [6.07, 6.45) is 15.9. The molecule has 368 valence electrons. The number of ether oxygens (including phenoxy) is 2.